The molecule has 3 unspecified atom stereocenters. The van der Waals surface area contributed by atoms with Crippen LogP contribution >= 0.6 is 15.9 Å². The molecule has 360 valence electrons. The van der Waals surface area contributed by atoms with Gasteiger partial charge in [-0.3, -0.25) is 0 Å². The molecule has 4 aliphatic heterocycles. The molecule has 0 bridgehead atoms. The van der Waals surface area contributed by atoms with E-state index in [1.54, 1.807) is 32.4 Å². The average Bonchev–Trinajstić information content (AvgIpc) is 3.92. The summed E-state index contributed by atoms with van der Waals surface area (Å²) in [6, 6.07) is 16.4. The van der Waals surface area contributed by atoms with E-state index < -0.39 is 14.4 Å². The Hall–Kier alpha value is -1.17. The molecule has 3 atom stereocenters. The van der Waals surface area contributed by atoms with E-state index in [2.05, 4.69) is 36.0 Å². The zero-order chi connectivity index (χ0) is 45.5. The van der Waals surface area contributed by atoms with Gasteiger partial charge in [-0.2, -0.15) is 12.1 Å². The summed E-state index contributed by atoms with van der Waals surface area (Å²) in [5.41, 5.74) is 3.03. The van der Waals surface area contributed by atoms with E-state index in [1.807, 2.05) is 0 Å². The van der Waals surface area contributed by atoms with E-state index in [4.69, 9.17) is 42.5 Å². The smallest absolute Gasteiger partial charge is 1.00 e. The van der Waals surface area contributed by atoms with E-state index in [9.17, 15) is 13.2 Å². The summed E-state index contributed by atoms with van der Waals surface area (Å²) in [7, 11) is 6.59. The van der Waals surface area contributed by atoms with Crippen molar-refractivity contribution in [1.82, 2.24) is 0 Å². The number of hydrogen-bond acceptors (Lipinski definition) is 12. The molecule has 20 heteroatoms. The van der Waals surface area contributed by atoms with Crippen LogP contribution in [-0.2, 0) is 76.3 Å². The predicted molar refractivity (Wildman–Crippen MR) is 243 cm³/mol. The number of rotatable bonds is 15. The fourth-order valence-corrected chi connectivity index (χ4v) is 6.74. The Bertz CT molecular complexity index is 1610. The second-order valence-electron chi connectivity index (χ2n) is 14.6. The van der Waals surface area contributed by atoms with Crippen molar-refractivity contribution < 1.29 is 86.6 Å². The molecule has 3 aromatic rings. The SMILES string of the molecule is C1CCOC1.COB(OC)OC.COB(OC)c1ccc(F)cc1COC1CCCCO1.Fc1cc[c-]c(COC2CCCCO2)c1.Fc1ccc(Br)c(COC2CCCCO2)c1.[Br-].[Mg+2]. The summed E-state index contributed by atoms with van der Waals surface area (Å²) >= 11 is 3.37. The van der Waals surface area contributed by atoms with Crippen LogP contribution in [0.1, 0.15) is 87.3 Å². The fourth-order valence-electron chi connectivity index (χ4n) is 6.38. The molecule has 3 aromatic carbocycles. The van der Waals surface area contributed by atoms with Crippen molar-refractivity contribution in [3.8, 4) is 0 Å². The first-order chi connectivity index (χ1) is 30.7. The van der Waals surface area contributed by atoms with Crippen molar-refractivity contribution in [3.05, 3.63) is 99.3 Å². The van der Waals surface area contributed by atoms with Crippen LogP contribution in [0, 0.1) is 23.5 Å². The van der Waals surface area contributed by atoms with E-state index >= 15 is 0 Å². The number of ether oxygens (including phenoxy) is 7. The molecular formula is C45H65B2Br2F3MgO12. The van der Waals surface area contributed by atoms with Gasteiger partial charge in [0.05, 0.1) is 19.8 Å². The molecule has 0 N–H and O–H groups in total. The van der Waals surface area contributed by atoms with Gasteiger partial charge < -0.3 is 73.4 Å². The average molecular weight is 1060 g/mol. The molecule has 0 aliphatic carbocycles. The number of benzene rings is 3. The third-order valence-electron chi connectivity index (χ3n) is 9.71. The van der Waals surface area contributed by atoms with Crippen molar-refractivity contribution in [2.45, 2.75) is 109 Å². The molecule has 65 heavy (non-hydrogen) atoms. The topological polar surface area (TPSA) is 111 Å². The van der Waals surface area contributed by atoms with Crippen LogP contribution in [-0.4, -0.2) is 125 Å². The fraction of sp³-hybridized carbons (Fsp3) is 0.600. The summed E-state index contributed by atoms with van der Waals surface area (Å²) in [5.74, 6) is -0.800. The first-order valence-corrected chi connectivity index (χ1v) is 22.3. The van der Waals surface area contributed by atoms with Gasteiger partial charge in [0.15, 0.2) is 18.9 Å². The third kappa shape index (κ3) is 27.0. The van der Waals surface area contributed by atoms with E-state index in [-0.39, 0.29) is 83.0 Å². The molecule has 0 amide bonds. The zero-order valence-electron chi connectivity index (χ0n) is 38.5. The van der Waals surface area contributed by atoms with E-state index in [0.717, 1.165) is 112 Å². The third-order valence-corrected chi connectivity index (χ3v) is 10.5. The van der Waals surface area contributed by atoms with Crippen LogP contribution in [0.4, 0.5) is 13.2 Å². The zero-order valence-corrected chi connectivity index (χ0v) is 43.1. The second-order valence-corrected chi connectivity index (χ2v) is 15.4. The Morgan fingerprint density at radius 1 is 0.569 bits per heavy atom. The van der Waals surface area contributed by atoms with Gasteiger partial charge in [-0.1, -0.05) is 22.0 Å². The Kier molecular flexibility index (Phi) is 36.8. The van der Waals surface area contributed by atoms with Gasteiger partial charge in [-0.15, -0.1) is 17.7 Å². The molecule has 12 nitrogen and oxygen atoms in total. The standard InChI is InChI=1S/C14H20BFO4.C12H14BrFO2.C12H14FO2.C4H8O.C3H9BO3.BrH.Mg/c1-17-15(18-2)13-7-6-12(16)9-11(13)10-20-14-5-3-4-8-19-14;13-11-5-4-10(14)7-9(11)8-16-12-3-1-2-6-15-12;13-11-5-3-4-10(8-11)9-15-12-6-1-2-7-14-12;1-2-4-5-3-1;1-5-4(6-2)7-3;;/h6-7,9,14H,3-5,8,10H2,1-2H3;4-5,7,12H,1-3,6,8H2;3,5,8,12H,1-2,6-7,9H2;1-4H2;1-3H3;1H;/q;;-1;;;;+2/p-1. The molecule has 4 fully saturated rings. The maximum Gasteiger partial charge on any atom is 2.00 e. The van der Waals surface area contributed by atoms with Gasteiger partial charge in [0.2, 0.25) is 0 Å². The minimum absolute atomic E-state index is 0. The minimum atomic E-state index is -0.526. The molecule has 0 aromatic heterocycles. The van der Waals surface area contributed by atoms with E-state index in [0.29, 0.717) is 18.8 Å². The van der Waals surface area contributed by atoms with Gasteiger partial charge in [-0.25, -0.2) is 13.2 Å². The van der Waals surface area contributed by atoms with Crippen LogP contribution in [0.15, 0.2) is 59.1 Å². The van der Waals surface area contributed by atoms with Crippen LogP contribution in [0.2, 0.25) is 0 Å². The first kappa shape index (κ1) is 61.8. The van der Waals surface area contributed by atoms with Crippen LogP contribution in [0.3, 0.4) is 0 Å². The van der Waals surface area contributed by atoms with Gasteiger partial charge in [0, 0.05) is 78.9 Å². The molecule has 0 saturated carbocycles. The maximum absolute atomic E-state index is 13.4. The Balaban J connectivity index is 0.000000429. The largest absolute Gasteiger partial charge is 2.00 e. The summed E-state index contributed by atoms with van der Waals surface area (Å²) in [5, 5.41) is 0. The second kappa shape index (κ2) is 38.6. The monoisotopic (exact) mass is 1060 g/mol. The summed E-state index contributed by atoms with van der Waals surface area (Å²) in [6.07, 6.45) is 11.5. The van der Waals surface area contributed by atoms with Crippen molar-refractivity contribution in [2.75, 3.05) is 68.6 Å². The van der Waals surface area contributed by atoms with Crippen LogP contribution in [0.5, 0.6) is 0 Å². The molecule has 0 radical (unpaired) electrons. The van der Waals surface area contributed by atoms with Gasteiger partial charge in [0.25, 0.3) is 0 Å². The quantitative estimate of drug-likeness (QED) is 0.142. The summed E-state index contributed by atoms with van der Waals surface area (Å²) in [6.45, 7) is 5.26. The molecule has 0 spiro atoms. The number of hydrogen-bond donors (Lipinski definition) is 0. The van der Waals surface area contributed by atoms with Gasteiger partial charge in [0.1, 0.15) is 11.6 Å². The molecular weight excluding hydrogens is 995 g/mol. The summed E-state index contributed by atoms with van der Waals surface area (Å²) < 4.78 is 102. The molecule has 7 rings (SSSR count). The van der Waals surface area contributed by atoms with Crippen molar-refractivity contribution in [3.63, 3.8) is 0 Å². The van der Waals surface area contributed by atoms with E-state index in [1.165, 1.54) is 70.6 Å². The normalized spacial score (nSPS) is 18.8. The Morgan fingerprint density at radius 3 is 1.43 bits per heavy atom. The van der Waals surface area contributed by atoms with Crippen molar-refractivity contribution in [1.29, 1.82) is 0 Å². The Morgan fingerprint density at radius 2 is 1.02 bits per heavy atom. The summed E-state index contributed by atoms with van der Waals surface area (Å²) in [4.78, 5) is 0. The first-order valence-electron chi connectivity index (χ1n) is 21.5. The van der Waals surface area contributed by atoms with Gasteiger partial charge in [-0.05, 0) is 118 Å². The van der Waals surface area contributed by atoms with Crippen LogP contribution < -0.4 is 22.4 Å². The molecule has 4 heterocycles. The van der Waals surface area contributed by atoms with Crippen LogP contribution in [0.25, 0.3) is 0 Å². The van der Waals surface area contributed by atoms with Crippen molar-refractivity contribution in [2.24, 2.45) is 0 Å². The maximum atomic E-state index is 13.4. The predicted octanol–water partition coefficient (Wildman–Crippen LogP) is 5.49. The van der Waals surface area contributed by atoms with Gasteiger partial charge >= 0.3 is 37.5 Å². The Labute approximate surface area is 420 Å². The minimum Gasteiger partial charge on any atom is -1.00 e. The molecule has 4 saturated heterocycles. The number of halogens is 5. The van der Waals surface area contributed by atoms with Crippen molar-refractivity contribution >= 4 is 58.9 Å². The molecule has 4 aliphatic rings.